The number of rotatable bonds is 5. The van der Waals surface area contributed by atoms with Gasteiger partial charge in [-0.1, -0.05) is 6.07 Å². The summed E-state index contributed by atoms with van der Waals surface area (Å²) in [5, 5.41) is 8.92. The van der Waals surface area contributed by atoms with Gasteiger partial charge in [-0.05, 0) is 26.0 Å². The number of aromatic nitrogens is 2. The van der Waals surface area contributed by atoms with Gasteiger partial charge >= 0.3 is 0 Å². The van der Waals surface area contributed by atoms with Crippen molar-refractivity contribution in [2.45, 2.75) is 25.8 Å². The SMILES string of the molecule is CCOCCn1c(C(C)Cl)nc2c(C#N)cccc21. The van der Waals surface area contributed by atoms with Crippen LogP contribution >= 0.6 is 11.6 Å². The standard InChI is InChI=1S/C14H16ClN3O/c1-3-19-8-7-18-12-6-4-5-11(9-16)13(12)17-14(18)10(2)15/h4-6,10H,3,7-8H2,1-2H3. The zero-order chi connectivity index (χ0) is 13.8. The van der Waals surface area contributed by atoms with Crippen molar-refractivity contribution in [1.82, 2.24) is 9.55 Å². The van der Waals surface area contributed by atoms with E-state index in [4.69, 9.17) is 21.6 Å². The number of para-hydroxylation sites is 1. The van der Waals surface area contributed by atoms with Crippen molar-refractivity contribution in [3.05, 3.63) is 29.6 Å². The van der Waals surface area contributed by atoms with E-state index in [-0.39, 0.29) is 5.38 Å². The van der Waals surface area contributed by atoms with Crippen LogP contribution in [0.3, 0.4) is 0 Å². The summed E-state index contributed by atoms with van der Waals surface area (Å²) in [7, 11) is 0. The van der Waals surface area contributed by atoms with Gasteiger partial charge in [-0.3, -0.25) is 0 Å². The largest absolute Gasteiger partial charge is 0.380 e. The Morgan fingerprint density at radius 3 is 2.95 bits per heavy atom. The van der Waals surface area contributed by atoms with Crippen LogP contribution in [0.15, 0.2) is 18.2 Å². The molecule has 2 rings (SSSR count). The molecule has 5 heteroatoms. The highest BCUT2D eigenvalue weighted by molar-refractivity contribution is 6.20. The van der Waals surface area contributed by atoms with E-state index in [1.165, 1.54) is 0 Å². The summed E-state index contributed by atoms with van der Waals surface area (Å²) in [6.45, 7) is 5.82. The molecule has 4 nitrogen and oxygen atoms in total. The van der Waals surface area contributed by atoms with Crippen LogP contribution in [0.1, 0.15) is 30.6 Å². The Bertz CT molecular complexity index is 613. The highest BCUT2D eigenvalue weighted by atomic mass is 35.5. The lowest BCUT2D eigenvalue weighted by molar-refractivity contribution is 0.139. The Kier molecular flexibility index (Phi) is 4.41. The van der Waals surface area contributed by atoms with E-state index < -0.39 is 0 Å². The van der Waals surface area contributed by atoms with Crippen molar-refractivity contribution in [2.24, 2.45) is 0 Å². The molecule has 2 aromatic rings. The first-order valence-electron chi connectivity index (χ1n) is 6.30. The van der Waals surface area contributed by atoms with E-state index in [1.54, 1.807) is 6.07 Å². The molecule has 0 aliphatic carbocycles. The lowest BCUT2D eigenvalue weighted by Gasteiger charge is -2.10. The molecule has 1 aromatic carbocycles. The highest BCUT2D eigenvalue weighted by Crippen LogP contribution is 2.26. The van der Waals surface area contributed by atoms with Gasteiger partial charge in [0.25, 0.3) is 0 Å². The number of alkyl halides is 1. The van der Waals surface area contributed by atoms with Crippen LogP contribution in [0.5, 0.6) is 0 Å². The number of ether oxygens (including phenoxy) is 1. The summed E-state index contributed by atoms with van der Waals surface area (Å²) in [5.41, 5.74) is 2.22. The summed E-state index contributed by atoms with van der Waals surface area (Å²) in [4.78, 5) is 4.51. The fourth-order valence-corrected chi connectivity index (χ4v) is 2.26. The molecule has 0 saturated carbocycles. The summed E-state index contributed by atoms with van der Waals surface area (Å²) >= 11 is 6.18. The molecule has 1 unspecified atom stereocenters. The molecule has 1 atom stereocenters. The van der Waals surface area contributed by atoms with Crippen LogP contribution in [-0.2, 0) is 11.3 Å². The van der Waals surface area contributed by atoms with Gasteiger partial charge in [-0.15, -0.1) is 11.6 Å². The van der Waals surface area contributed by atoms with Crippen molar-refractivity contribution < 1.29 is 4.74 Å². The number of hydrogen-bond donors (Lipinski definition) is 0. The van der Waals surface area contributed by atoms with Gasteiger partial charge < -0.3 is 9.30 Å². The van der Waals surface area contributed by atoms with Crippen molar-refractivity contribution in [3.63, 3.8) is 0 Å². The van der Waals surface area contributed by atoms with E-state index in [0.29, 0.717) is 30.8 Å². The quantitative estimate of drug-likeness (QED) is 0.623. The number of hydrogen-bond acceptors (Lipinski definition) is 3. The van der Waals surface area contributed by atoms with Gasteiger partial charge in [0.05, 0.1) is 23.1 Å². The number of fused-ring (bicyclic) bond motifs is 1. The molecular weight excluding hydrogens is 262 g/mol. The molecule has 1 aromatic heterocycles. The highest BCUT2D eigenvalue weighted by Gasteiger charge is 2.16. The third-order valence-electron chi connectivity index (χ3n) is 2.95. The Balaban J connectivity index is 2.52. The average molecular weight is 278 g/mol. The maximum Gasteiger partial charge on any atom is 0.127 e. The second kappa shape index (κ2) is 6.05. The van der Waals surface area contributed by atoms with Crippen LogP contribution in [0, 0.1) is 11.3 Å². The minimum atomic E-state index is -0.208. The lowest BCUT2D eigenvalue weighted by atomic mass is 10.2. The number of benzene rings is 1. The zero-order valence-corrected chi connectivity index (χ0v) is 11.8. The second-order valence-corrected chi connectivity index (χ2v) is 4.87. The van der Waals surface area contributed by atoms with E-state index >= 15 is 0 Å². The molecule has 0 amide bonds. The van der Waals surface area contributed by atoms with E-state index in [1.807, 2.05) is 30.5 Å². The van der Waals surface area contributed by atoms with Crippen LogP contribution in [0.4, 0.5) is 0 Å². The third-order valence-corrected chi connectivity index (χ3v) is 3.14. The first-order valence-corrected chi connectivity index (χ1v) is 6.73. The topological polar surface area (TPSA) is 50.8 Å². The average Bonchev–Trinajstić information content (AvgIpc) is 2.78. The Morgan fingerprint density at radius 1 is 1.53 bits per heavy atom. The number of imidazole rings is 1. The molecule has 1 heterocycles. The Hall–Kier alpha value is -1.57. The van der Waals surface area contributed by atoms with Gasteiger partial charge in [0.1, 0.15) is 17.4 Å². The minimum absolute atomic E-state index is 0.208. The lowest BCUT2D eigenvalue weighted by Crippen LogP contribution is -2.09. The van der Waals surface area contributed by atoms with E-state index in [9.17, 15) is 0 Å². The summed E-state index contributed by atoms with van der Waals surface area (Å²) in [6, 6.07) is 7.76. The molecule has 0 N–H and O–H groups in total. The summed E-state index contributed by atoms with van der Waals surface area (Å²) < 4.78 is 7.42. The van der Waals surface area contributed by atoms with Gasteiger partial charge in [0.2, 0.25) is 0 Å². The van der Waals surface area contributed by atoms with E-state index in [0.717, 1.165) is 11.3 Å². The minimum Gasteiger partial charge on any atom is -0.380 e. The predicted molar refractivity (Wildman–Crippen MR) is 75.2 cm³/mol. The maximum absolute atomic E-state index is 9.13. The van der Waals surface area contributed by atoms with Crippen molar-refractivity contribution in [2.75, 3.05) is 13.2 Å². The molecule has 0 radical (unpaired) electrons. The molecule has 0 fully saturated rings. The molecule has 0 aliphatic rings. The van der Waals surface area contributed by atoms with Crippen LogP contribution < -0.4 is 0 Å². The first kappa shape index (κ1) is 13.9. The summed E-state index contributed by atoms with van der Waals surface area (Å²) in [5.74, 6) is 0.777. The van der Waals surface area contributed by atoms with Crippen LogP contribution in [-0.4, -0.2) is 22.8 Å². The molecular formula is C14H16ClN3O. The first-order chi connectivity index (χ1) is 9.19. The van der Waals surface area contributed by atoms with Gasteiger partial charge in [0.15, 0.2) is 0 Å². The third kappa shape index (κ3) is 2.73. The predicted octanol–water partition coefficient (Wildman–Crippen LogP) is 3.24. The Labute approximate surface area is 117 Å². The van der Waals surface area contributed by atoms with E-state index in [2.05, 4.69) is 11.1 Å². The normalized spacial score (nSPS) is 12.5. The molecule has 0 aliphatic heterocycles. The number of halogens is 1. The smallest absolute Gasteiger partial charge is 0.127 e. The fraction of sp³-hybridized carbons (Fsp3) is 0.429. The molecule has 0 bridgehead atoms. The number of nitriles is 1. The molecule has 100 valence electrons. The molecule has 0 spiro atoms. The van der Waals surface area contributed by atoms with Gasteiger partial charge in [-0.25, -0.2) is 4.98 Å². The van der Waals surface area contributed by atoms with Crippen molar-refractivity contribution in [3.8, 4) is 6.07 Å². The zero-order valence-electron chi connectivity index (χ0n) is 11.1. The van der Waals surface area contributed by atoms with Gasteiger partial charge in [0, 0.05) is 13.2 Å². The van der Waals surface area contributed by atoms with Crippen LogP contribution in [0.2, 0.25) is 0 Å². The van der Waals surface area contributed by atoms with Crippen molar-refractivity contribution >= 4 is 22.6 Å². The monoisotopic (exact) mass is 277 g/mol. The maximum atomic E-state index is 9.13. The van der Waals surface area contributed by atoms with Crippen molar-refractivity contribution in [1.29, 1.82) is 5.26 Å². The Morgan fingerprint density at radius 2 is 2.32 bits per heavy atom. The fourth-order valence-electron chi connectivity index (χ4n) is 2.09. The molecule has 0 saturated heterocycles. The summed E-state index contributed by atoms with van der Waals surface area (Å²) in [6.07, 6.45) is 0. The number of nitrogens with zero attached hydrogens (tertiary/aromatic N) is 3. The van der Waals surface area contributed by atoms with Crippen LogP contribution in [0.25, 0.3) is 11.0 Å². The molecule has 19 heavy (non-hydrogen) atoms. The van der Waals surface area contributed by atoms with Gasteiger partial charge in [-0.2, -0.15) is 5.26 Å². The second-order valence-electron chi connectivity index (χ2n) is 4.22.